The van der Waals surface area contributed by atoms with Crippen molar-refractivity contribution in [3.05, 3.63) is 0 Å². The lowest BCUT2D eigenvalue weighted by Gasteiger charge is -2.39. The van der Waals surface area contributed by atoms with E-state index in [0.717, 1.165) is 13.1 Å². The lowest BCUT2D eigenvalue weighted by molar-refractivity contribution is -0.133. The molecule has 0 bridgehead atoms. The van der Waals surface area contributed by atoms with Gasteiger partial charge < -0.3 is 10.2 Å². The molecule has 2 aliphatic rings. The van der Waals surface area contributed by atoms with Crippen molar-refractivity contribution in [1.82, 2.24) is 15.1 Å². The standard InChI is InChI=1S/C15H29N3O/c1-12(2)17(3)15(19)11-18-10-5-4-8-14(18)13-7-6-9-16-13/h12-14,16H,4-11H2,1-3H3. The highest BCUT2D eigenvalue weighted by molar-refractivity contribution is 5.78. The lowest BCUT2D eigenvalue weighted by Crippen LogP contribution is -2.53. The van der Waals surface area contributed by atoms with Crippen molar-refractivity contribution in [2.24, 2.45) is 0 Å². The second-order valence-electron chi connectivity index (χ2n) is 6.33. The van der Waals surface area contributed by atoms with Gasteiger partial charge in [0.15, 0.2) is 0 Å². The van der Waals surface area contributed by atoms with E-state index in [1.54, 1.807) is 0 Å². The molecule has 0 radical (unpaired) electrons. The van der Waals surface area contributed by atoms with Gasteiger partial charge in [0.1, 0.15) is 0 Å². The summed E-state index contributed by atoms with van der Waals surface area (Å²) in [6.07, 6.45) is 6.36. The zero-order valence-corrected chi connectivity index (χ0v) is 12.7. The average Bonchev–Trinajstić information content (AvgIpc) is 2.92. The Kier molecular flexibility index (Phi) is 5.22. The van der Waals surface area contributed by atoms with E-state index < -0.39 is 0 Å². The smallest absolute Gasteiger partial charge is 0.236 e. The van der Waals surface area contributed by atoms with Crippen molar-refractivity contribution >= 4 is 5.91 Å². The Morgan fingerprint density at radius 3 is 2.74 bits per heavy atom. The molecule has 2 unspecified atom stereocenters. The predicted octanol–water partition coefficient (Wildman–Crippen LogP) is 1.46. The van der Waals surface area contributed by atoms with E-state index >= 15 is 0 Å². The first-order valence-electron chi connectivity index (χ1n) is 7.82. The molecule has 1 N–H and O–H groups in total. The van der Waals surface area contributed by atoms with Crippen molar-refractivity contribution in [3.63, 3.8) is 0 Å². The minimum atomic E-state index is 0.264. The third kappa shape index (κ3) is 3.69. The molecule has 19 heavy (non-hydrogen) atoms. The highest BCUT2D eigenvalue weighted by Gasteiger charge is 2.32. The first kappa shape index (κ1) is 14.8. The van der Waals surface area contributed by atoms with Crippen LogP contribution in [0.25, 0.3) is 0 Å². The first-order valence-corrected chi connectivity index (χ1v) is 7.82. The summed E-state index contributed by atoms with van der Waals surface area (Å²) in [5, 5.41) is 3.61. The van der Waals surface area contributed by atoms with Gasteiger partial charge in [0.25, 0.3) is 0 Å². The van der Waals surface area contributed by atoms with E-state index in [4.69, 9.17) is 0 Å². The minimum Gasteiger partial charge on any atom is -0.342 e. The maximum Gasteiger partial charge on any atom is 0.236 e. The zero-order valence-electron chi connectivity index (χ0n) is 12.7. The van der Waals surface area contributed by atoms with E-state index in [0.29, 0.717) is 24.7 Å². The third-order valence-corrected chi connectivity index (χ3v) is 4.73. The summed E-state index contributed by atoms with van der Waals surface area (Å²) in [5.41, 5.74) is 0. The summed E-state index contributed by atoms with van der Waals surface area (Å²) < 4.78 is 0. The molecule has 2 rings (SSSR count). The number of piperidine rings is 1. The van der Waals surface area contributed by atoms with Gasteiger partial charge in [-0.3, -0.25) is 9.69 Å². The molecular formula is C15H29N3O. The molecule has 2 fully saturated rings. The van der Waals surface area contributed by atoms with Crippen LogP contribution in [0.2, 0.25) is 0 Å². The number of nitrogens with zero attached hydrogens (tertiary/aromatic N) is 2. The van der Waals surface area contributed by atoms with Crippen LogP contribution in [0.15, 0.2) is 0 Å². The number of carbonyl (C=O) groups excluding carboxylic acids is 1. The summed E-state index contributed by atoms with van der Waals surface area (Å²) in [6.45, 7) is 6.97. The number of carbonyl (C=O) groups is 1. The number of hydrogen-bond donors (Lipinski definition) is 1. The molecule has 0 aromatic carbocycles. The Labute approximate surface area is 117 Å². The Balaban J connectivity index is 1.93. The third-order valence-electron chi connectivity index (χ3n) is 4.73. The van der Waals surface area contributed by atoms with Crippen LogP contribution in [0.5, 0.6) is 0 Å². The monoisotopic (exact) mass is 267 g/mol. The Hall–Kier alpha value is -0.610. The van der Waals surface area contributed by atoms with E-state index in [1.165, 1.54) is 32.1 Å². The van der Waals surface area contributed by atoms with Crippen LogP contribution < -0.4 is 5.32 Å². The molecule has 0 aromatic heterocycles. The van der Waals surface area contributed by atoms with Gasteiger partial charge in [0, 0.05) is 25.2 Å². The van der Waals surface area contributed by atoms with E-state index in [9.17, 15) is 4.79 Å². The predicted molar refractivity (Wildman–Crippen MR) is 78.1 cm³/mol. The molecule has 4 heteroatoms. The summed E-state index contributed by atoms with van der Waals surface area (Å²) in [7, 11) is 1.92. The lowest BCUT2D eigenvalue weighted by atomic mass is 9.94. The van der Waals surface area contributed by atoms with Crippen LogP contribution in [0, 0.1) is 0 Å². The van der Waals surface area contributed by atoms with Gasteiger partial charge in [-0.1, -0.05) is 6.42 Å². The molecule has 2 atom stereocenters. The molecule has 0 spiro atoms. The summed E-state index contributed by atoms with van der Waals surface area (Å²) >= 11 is 0. The molecule has 0 aliphatic carbocycles. The number of hydrogen-bond acceptors (Lipinski definition) is 3. The highest BCUT2D eigenvalue weighted by atomic mass is 16.2. The van der Waals surface area contributed by atoms with Crippen LogP contribution in [0.4, 0.5) is 0 Å². The first-order chi connectivity index (χ1) is 9.09. The van der Waals surface area contributed by atoms with Crippen molar-refractivity contribution in [2.75, 3.05) is 26.7 Å². The van der Waals surface area contributed by atoms with Crippen LogP contribution in [-0.2, 0) is 4.79 Å². The molecule has 2 aliphatic heterocycles. The van der Waals surface area contributed by atoms with Crippen LogP contribution in [0.3, 0.4) is 0 Å². The summed E-state index contributed by atoms with van der Waals surface area (Å²) in [4.78, 5) is 16.6. The molecular weight excluding hydrogens is 238 g/mol. The van der Waals surface area contributed by atoms with Gasteiger partial charge >= 0.3 is 0 Å². The molecule has 1 amide bonds. The maximum absolute atomic E-state index is 12.3. The Morgan fingerprint density at radius 1 is 1.32 bits per heavy atom. The van der Waals surface area contributed by atoms with Gasteiger partial charge in [-0.15, -0.1) is 0 Å². The minimum absolute atomic E-state index is 0.264. The zero-order chi connectivity index (χ0) is 13.8. The van der Waals surface area contributed by atoms with Crippen molar-refractivity contribution in [2.45, 2.75) is 64.1 Å². The highest BCUT2D eigenvalue weighted by Crippen LogP contribution is 2.24. The van der Waals surface area contributed by atoms with E-state index in [-0.39, 0.29) is 5.91 Å². The van der Waals surface area contributed by atoms with Crippen LogP contribution in [-0.4, -0.2) is 60.5 Å². The topological polar surface area (TPSA) is 35.6 Å². The molecule has 2 heterocycles. The fourth-order valence-electron chi connectivity index (χ4n) is 3.28. The molecule has 0 aromatic rings. The molecule has 2 saturated heterocycles. The normalized spacial score (nSPS) is 28.8. The summed E-state index contributed by atoms with van der Waals surface area (Å²) in [6, 6.07) is 1.47. The van der Waals surface area contributed by atoms with E-state index in [1.807, 2.05) is 11.9 Å². The fraction of sp³-hybridized carbons (Fsp3) is 0.933. The second kappa shape index (κ2) is 6.71. The second-order valence-corrected chi connectivity index (χ2v) is 6.33. The van der Waals surface area contributed by atoms with Crippen molar-refractivity contribution < 1.29 is 4.79 Å². The maximum atomic E-state index is 12.3. The van der Waals surface area contributed by atoms with Gasteiger partial charge in [-0.2, -0.15) is 0 Å². The quantitative estimate of drug-likeness (QED) is 0.837. The van der Waals surface area contributed by atoms with Gasteiger partial charge in [0.05, 0.1) is 6.54 Å². The largest absolute Gasteiger partial charge is 0.342 e. The average molecular weight is 267 g/mol. The SMILES string of the molecule is CC(C)N(C)C(=O)CN1CCCCC1C1CCCN1. The van der Waals surface area contributed by atoms with Crippen molar-refractivity contribution in [1.29, 1.82) is 0 Å². The Bertz CT molecular complexity index is 300. The van der Waals surface area contributed by atoms with Crippen molar-refractivity contribution in [3.8, 4) is 0 Å². The Morgan fingerprint density at radius 2 is 2.11 bits per heavy atom. The molecule has 110 valence electrons. The van der Waals surface area contributed by atoms with Gasteiger partial charge in [-0.05, 0) is 52.6 Å². The number of amides is 1. The summed E-state index contributed by atoms with van der Waals surface area (Å²) in [5.74, 6) is 0.264. The number of likely N-dealkylation sites (tertiary alicyclic amines) is 1. The van der Waals surface area contributed by atoms with E-state index in [2.05, 4.69) is 24.1 Å². The number of rotatable bonds is 4. The number of likely N-dealkylation sites (N-methyl/N-ethyl adjacent to an activating group) is 1. The van der Waals surface area contributed by atoms with Crippen LogP contribution in [0.1, 0.15) is 46.0 Å². The van der Waals surface area contributed by atoms with Gasteiger partial charge in [0.2, 0.25) is 5.91 Å². The molecule has 4 nitrogen and oxygen atoms in total. The van der Waals surface area contributed by atoms with Gasteiger partial charge in [-0.25, -0.2) is 0 Å². The fourth-order valence-corrected chi connectivity index (χ4v) is 3.28. The number of nitrogens with one attached hydrogen (secondary N) is 1. The van der Waals surface area contributed by atoms with Crippen LogP contribution >= 0.6 is 0 Å². The molecule has 0 saturated carbocycles.